The molecule has 6 heteroatoms. The summed E-state index contributed by atoms with van der Waals surface area (Å²) in [5.41, 5.74) is 0. The molecular weight excluding hydrogens is 195 g/mol. The fraction of sp³-hybridized carbons (Fsp3) is 1.00. The standard InChI is InChI=1S/C8H15FO5/c1-4-5(10)6(11)7(12)8(14-4)13-3-2-9/h4-8,10-12H,2-3H2,1H3/t4-,5+,6+,7-,8+/m0/s1. The maximum absolute atomic E-state index is 11.8. The SMILES string of the molecule is C[C@@H]1O[C@@H](OCCF)[C@@H](O)[C@H](O)[C@@H]1O. The number of hydrogen-bond donors (Lipinski definition) is 3. The zero-order chi connectivity index (χ0) is 10.7. The van der Waals surface area contributed by atoms with E-state index in [0.29, 0.717) is 0 Å². The molecule has 0 aromatic rings. The predicted octanol–water partition coefficient (Wildman–Crippen LogP) is -1.20. The summed E-state index contributed by atoms with van der Waals surface area (Å²) < 4.78 is 21.6. The van der Waals surface area contributed by atoms with E-state index in [4.69, 9.17) is 9.47 Å². The van der Waals surface area contributed by atoms with Crippen molar-refractivity contribution in [1.82, 2.24) is 0 Å². The molecule has 0 spiro atoms. The van der Waals surface area contributed by atoms with Gasteiger partial charge in [-0.15, -0.1) is 0 Å². The van der Waals surface area contributed by atoms with E-state index in [1.807, 2.05) is 0 Å². The van der Waals surface area contributed by atoms with Crippen LogP contribution in [-0.2, 0) is 9.47 Å². The monoisotopic (exact) mass is 210 g/mol. The Hall–Kier alpha value is -0.270. The van der Waals surface area contributed by atoms with Crippen LogP contribution in [0.4, 0.5) is 4.39 Å². The molecule has 0 aliphatic carbocycles. The largest absolute Gasteiger partial charge is 0.388 e. The minimum Gasteiger partial charge on any atom is -0.388 e. The first-order valence-electron chi connectivity index (χ1n) is 4.45. The first-order chi connectivity index (χ1) is 6.57. The van der Waals surface area contributed by atoms with Crippen molar-refractivity contribution in [2.24, 2.45) is 0 Å². The van der Waals surface area contributed by atoms with Crippen LogP contribution >= 0.6 is 0 Å². The third-order valence-electron chi connectivity index (χ3n) is 2.17. The third kappa shape index (κ3) is 2.40. The number of aliphatic hydroxyl groups is 3. The van der Waals surface area contributed by atoms with Crippen molar-refractivity contribution < 1.29 is 29.2 Å². The quantitative estimate of drug-likeness (QED) is 0.545. The predicted molar refractivity (Wildman–Crippen MR) is 44.3 cm³/mol. The molecule has 0 aromatic carbocycles. The topological polar surface area (TPSA) is 79.2 Å². The van der Waals surface area contributed by atoms with Crippen LogP contribution in [0.1, 0.15) is 6.92 Å². The van der Waals surface area contributed by atoms with Crippen LogP contribution in [0.25, 0.3) is 0 Å². The van der Waals surface area contributed by atoms with Gasteiger partial charge in [0, 0.05) is 0 Å². The van der Waals surface area contributed by atoms with E-state index in [1.165, 1.54) is 6.92 Å². The number of rotatable bonds is 3. The lowest BCUT2D eigenvalue weighted by Gasteiger charge is -2.38. The highest BCUT2D eigenvalue weighted by atomic mass is 19.1. The van der Waals surface area contributed by atoms with Crippen LogP contribution in [-0.4, -0.2) is 59.3 Å². The van der Waals surface area contributed by atoms with E-state index < -0.39 is 37.4 Å². The van der Waals surface area contributed by atoms with Gasteiger partial charge in [-0.05, 0) is 6.92 Å². The lowest BCUT2D eigenvalue weighted by atomic mass is 10.0. The summed E-state index contributed by atoms with van der Waals surface area (Å²) in [6.45, 7) is 0.627. The highest BCUT2D eigenvalue weighted by molar-refractivity contribution is 4.86. The van der Waals surface area contributed by atoms with E-state index in [0.717, 1.165) is 0 Å². The Kier molecular flexibility index (Phi) is 4.21. The Labute approximate surface area is 81.1 Å². The first kappa shape index (κ1) is 11.8. The molecule has 0 bridgehead atoms. The summed E-state index contributed by atoms with van der Waals surface area (Å²) in [6.07, 6.45) is -5.58. The van der Waals surface area contributed by atoms with Crippen molar-refractivity contribution in [3.8, 4) is 0 Å². The molecule has 1 aliphatic rings. The Balaban J connectivity index is 2.52. The number of ether oxygens (including phenoxy) is 2. The summed E-state index contributed by atoms with van der Waals surface area (Å²) in [5, 5.41) is 28.0. The van der Waals surface area contributed by atoms with E-state index in [-0.39, 0.29) is 6.61 Å². The molecule has 0 amide bonds. The van der Waals surface area contributed by atoms with Gasteiger partial charge in [-0.25, -0.2) is 4.39 Å². The number of alkyl halides is 1. The molecule has 0 aromatic heterocycles. The zero-order valence-corrected chi connectivity index (χ0v) is 7.84. The molecule has 1 saturated heterocycles. The minimum absolute atomic E-state index is 0.211. The molecule has 1 fully saturated rings. The first-order valence-corrected chi connectivity index (χ1v) is 4.45. The molecule has 1 rings (SSSR count). The second-order valence-corrected chi connectivity index (χ2v) is 3.24. The third-order valence-corrected chi connectivity index (χ3v) is 2.17. The van der Waals surface area contributed by atoms with Gasteiger partial charge in [0.15, 0.2) is 6.29 Å². The molecule has 84 valence electrons. The van der Waals surface area contributed by atoms with Gasteiger partial charge in [0.25, 0.3) is 0 Å². The molecule has 5 atom stereocenters. The van der Waals surface area contributed by atoms with E-state index in [1.54, 1.807) is 0 Å². The minimum atomic E-state index is -1.35. The lowest BCUT2D eigenvalue weighted by Crippen LogP contribution is -2.57. The maximum atomic E-state index is 11.8. The van der Waals surface area contributed by atoms with Crippen LogP contribution in [0.3, 0.4) is 0 Å². The van der Waals surface area contributed by atoms with Gasteiger partial charge < -0.3 is 24.8 Å². The Morgan fingerprint density at radius 1 is 1.21 bits per heavy atom. The molecular formula is C8H15FO5. The lowest BCUT2D eigenvalue weighted by molar-refractivity contribution is -0.293. The van der Waals surface area contributed by atoms with Crippen molar-refractivity contribution in [3.05, 3.63) is 0 Å². The molecule has 3 N–H and O–H groups in total. The van der Waals surface area contributed by atoms with Crippen molar-refractivity contribution in [2.75, 3.05) is 13.3 Å². The summed E-state index contributed by atoms with van der Waals surface area (Å²) >= 11 is 0. The molecule has 0 unspecified atom stereocenters. The summed E-state index contributed by atoms with van der Waals surface area (Å²) in [7, 11) is 0. The molecule has 14 heavy (non-hydrogen) atoms. The molecule has 0 saturated carbocycles. The van der Waals surface area contributed by atoms with Crippen molar-refractivity contribution >= 4 is 0 Å². The smallest absolute Gasteiger partial charge is 0.186 e. The van der Waals surface area contributed by atoms with Crippen LogP contribution in [0.5, 0.6) is 0 Å². The Morgan fingerprint density at radius 2 is 1.86 bits per heavy atom. The van der Waals surface area contributed by atoms with Crippen molar-refractivity contribution in [2.45, 2.75) is 37.6 Å². The molecule has 1 aliphatic heterocycles. The second kappa shape index (κ2) is 4.99. The van der Waals surface area contributed by atoms with Crippen LogP contribution < -0.4 is 0 Å². The highest BCUT2D eigenvalue weighted by Crippen LogP contribution is 2.21. The van der Waals surface area contributed by atoms with Gasteiger partial charge in [0.2, 0.25) is 0 Å². The zero-order valence-electron chi connectivity index (χ0n) is 7.84. The van der Waals surface area contributed by atoms with E-state index >= 15 is 0 Å². The van der Waals surface area contributed by atoms with Crippen molar-refractivity contribution in [1.29, 1.82) is 0 Å². The average Bonchev–Trinajstić information content (AvgIpc) is 2.18. The Bertz CT molecular complexity index is 179. The fourth-order valence-corrected chi connectivity index (χ4v) is 1.31. The number of halogens is 1. The van der Waals surface area contributed by atoms with Gasteiger partial charge >= 0.3 is 0 Å². The van der Waals surface area contributed by atoms with Gasteiger partial charge in [-0.1, -0.05) is 0 Å². The highest BCUT2D eigenvalue weighted by Gasteiger charge is 2.42. The molecule has 1 heterocycles. The van der Waals surface area contributed by atoms with Crippen LogP contribution in [0.15, 0.2) is 0 Å². The molecule has 5 nitrogen and oxygen atoms in total. The van der Waals surface area contributed by atoms with Gasteiger partial charge in [-0.2, -0.15) is 0 Å². The van der Waals surface area contributed by atoms with E-state index in [9.17, 15) is 19.7 Å². The van der Waals surface area contributed by atoms with Crippen LogP contribution in [0, 0.1) is 0 Å². The van der Waals surface area contributed by atoms with E-state index in [2.05, 4.69) is 0 Å². The summed E-state index contributed by atoms with van der Waals surface area (Å²) in [4.78, 5) is 0. The summed E-state index contributed by atoms with van der Waals surface area (Å²) in [6, 6.07) is 0. The van der Waals surface area contributed by atoms with Gasteiger partial charge in [0.1, 0.15) is 25.0 Å². The fourth-order valence-electron chi connectivity index (χ4n) is 1.31. The van der Waals surface area contributed by atoms with Gasteiger partial charge in [0.05, 0.1) is 12.7 Å². The average molecular weight is 210 g/mol. The molecule has 0 radical (unpaired) electrons. The summed E-state index contributed by atoms with van der Waals surface area (Å²) in [5.74, 6) is 0. The normalized spacial score (nSPS) is 43.9. The number of hydrogen-bond acceptors (Lipinski definition) is 5. The maximum Gasteiger partial charge on any atom is 0.186 e. The second-order valence-electron chi connectivity index (χ2n) is 3.24. The number of aliphatic hydroxyl groups excluding tert-OH is 3. The van der Waals surface area contributed by atoms with Gasteiger partial charge in [-0.3, -0.25) is 0 Å². The van der Waals surface area contributed by atoms with Crippen LogP contribution in [0.2, 0.25) is 0 Å². The Morgan fingerprint density at radius 3 is 2.43 bits per heavy atom. The van der Waals surface area contributed by atoms with Crippen molar-refractivity contribution in [3.63, 3.8) is 0 Å².